The highest BCUT2D eigenvalue weighted by atomic mass is 79.9. The second-order valence-electron chi connectivity index (χ2n) is 4.33. The standard InChI is InChI=1S/C14H14BrNO3S/c1-8(2)19-10-6-4-9(5-7-10)12-11(13(17)18-3)16-14(15)20-12/h4-8H,1-3H3. The molecule has 2 rings (SSSR count). The Kier molecular flexibility index (Phi) is 4.77. The number of esters is 1. The van der Waals surface area contributed by atoms with E-state index in [-0.39, 0.29) is 6.10 Å². The summed E-state index contributed by atoms with van der Waals surface area (Å²) < 4.78 is 11.0. The van der Waals surface area contributed by atoms with Crippen molar-refractivity contribution in [2.24, 2.45) is 0 Å². The third kappa shape index (κ3) is 3.37. The summed E-state index contributed by atoms with van der Waals surface area (Å²) in [7, 11) is 1.35. The van der Waals surface area contributed by atoms with Gasteiger partial charge in [-0.15, -0.1) is 11.3 Å². The molecule has 106 valence electrons. The van der Waals surface area contributed by atoms with Crippen LogP contribution in [-0.2, 0) is 4.74 Å². The van der Waals surface area contributed by atoms with E-state index in [1.54, 1.807) is 0 Å². The monoisotopic (exact) mass is 355 g/mol. The second-order valence-corrected chi connectivity index (χ2v) is 6.60. The maximum Gasteiger partial charge on any atom is 0.358 e. The van der Waals surface area contributed by atoms with Gasteiger partial charge in [-0.1, -0.05) is 0 Å². The van der Waals surface area contributed by atoms with Gasteiger partial charge in [-0.3, -0.25) is 0 Å². The van der Waals surface area contributed by atoms with Crippen LogP contribution < -0.4 is 4.74 Å². The number of nitrogens with zero attached hydrogens (tertiary/aromatic N) is 1. The van der Waals surface area contributed by atoms with Gasteiger partial charge in [0.05, 0.1) is 18.1 Å². The average Bonchev–Trinajstić information content (AvgIpc) is 2.80. The smallest absolute Gasteiger partial charge is 0.358 e. The molecule has 4 nitrogen and oxygen atoms in total. The molecular formula is C14H14BrNO3S. The number of rotatable bonds is 4. The fourth-order valence-electron chi connectivity index (χ4n) is 1.68. The van der Waals surface area contributed by atoms with Crippen molar-refractivity contribution < 1.29 is 14.3 Å². The number of methoxy groups -OCH3 is 1. The number of carbonyl (C=O) groups excluding carboxylic acids is 1. The molecule has 2 aromatic rings. The minimum absolute atomic E-state index is 0.129. The molecule has 0 bridgehead atoms. The summed E-state index contributed by atoms with van der Waals surface area (Å²) in [6, 6.07) is 7.57. The van der Waals surface area contributed by atoms with Crippen molar-refractivity contribution in [2.75, 3.05) is 7.11 Å². The fourth-order valence-corrected chi connectivity index (χ4v) is 3.13. The van der Waals surface area contributed by atoms with Crippen LogP contribution in [0.1, 0.15) is 24.3 Å². The Hall–Kier alpha value is -1.40. The molecule has 6 heteroatoms. The molecule has 1 aromatic heterocycles. The normalized spacial score (nSPS) is 10.7. The van der Waals surface area contributed by atoms with Gasteiger partial charge in [0, 0.05) is 0 Å². The van der Waals surface area contributed by atoms with E-state index in [9.17, 15) is 4.79 Å². The zero-order valence-electron chi connectivity index (χ0n) is 11.3. The van der Waals surface area contributed by atoms with Gasteiger partial charge in [0.15, 0.2) is 9.61 Å². The van der Waals surface area contributed by atoms with Crippen molar-refractivity contribution in [1.82, 2.24) is 4.98 Å². The van der Waals surface area contributed by atoms with E-state index in [1.807, 2.05) is 38.1 Å². The largest absolute Gasteiger partial charge is 0.491 e. The first-order valence-corrected chi connectivity index (χ1v) is 7.64. The quantitative estimate of drug-likeness (QED) is 0.773. The lowest BCUT2D eigenvalue weighted by atomic mass is 10.1. The Morgan fingerprint density at radius 2 is 1.95 bits per heavy atom. The van der Waals surface area contributed by atoms with Crippen LogP contribution in [0.15, 0.2) is 28.2 Å². The first-order chi connectivity index (χ1) is 9.51. The highest BCUT2D eigenvalue weighted by Gasteiger charge is 2.19. The minimum atomic E-state index is -0.440. The molecule has 1 heterocycles. The highest BCUT2D eigenvalue weighted by Crippen LogP contribution is 2.34. The first-order valence-electron chi connectivity index (χ1n) is 6.03. The third-order valence-electron chi connectivity index (χ3n) is 2.47. The molecule has 20 heavy (non-hydrogen) atoms. The minimum Gasteiger partial charge on any atom is -0.491 e. The van der Waals surface area contributed by atoms with Crippen LogP contribution in [0.4, 0.5) is 0 Å². The van der Waals surface area contributed by atoms with Crippen LogP contribution in [0.5, 0.6) is 5.75 Å². The molecule has 0 saturated heterocycles. The van der Waals surface area contributed by atoms with Gasteiger partial charge in [0.1, 0.15) is 5.75 Å². The number of hydrogen-bond acceptors (Lipinski definition) is 5. The summed E-state index contributed by atoms with van der Waals surface area (Å²) in [5.41, 5.74) is 1.23. The third-order valence-corrected chi connectivity index (χ3v) is 4.02. The molecule has 0 aliphatic rings. The van der Waals surface area contributed by atoms with Gasteiger partial charge < -0.3 is 9.47 Å². The van der Waals surface area contributed by atoms with Gasteiger partial charge in [0.2, 0.25) is 0 Å². The number of aromatic nitrogens is 1. The average molecular weight is 356 g/mol. The summed E-state index contributed by atoms with van der Waals surface area (Å²) in [4.78, 5) is 16.6. The van der Waals surface area contributed by atoms with Crippen LogP contribution in [-0.4, -0.2) is 24.2 Å². The van der Waals surface area contributed by atoms with E-state index in [4.69, 9.17) is 9.47 Å². The Bertz CT molecular complexity index is 607. The summed E-state index contributed by atoms with van der Waals surface area (Å²) in [5, 5.41) is 0. The topological polar surface area (TPSA) is 48.4 Å². The molecule has 0 radical (unpaired) electrons. The molecule has 0 fully saturated rings. The van der Waals surface area contributed by atoms with Crippen molar-refractivity contribution in [2.45, 2.75) is 20.0 Å². The number of carbonyl (C=O) groups is 1. The maximum absolute atomic E-state index is 11.7. The molecular weight excluding hydrogens is 342 g/mol. The second kappa shape index (κ2) is 6.37. The van der Waals surface area contributed by atoms with E-state index in [1.165, 1.54) is 18.4 Å². The molecule has 0 atom stereocenters. The van der Waals surface area contributed by atoms with E-state index < -0.39 is 5.97 Å². The lowest BCUT2D eigenvalue weighted by Gasteiger charge is -2.09. The number of ether oxygens (including phenoxy) is 2. The molecule has 0 aliphatic heterocycles. The van der Waals surface area contributed by atoms with Gasteiger partial charge in [-0.05, 0) is 59.6 Å². The van der Waals surface area contributed by atoms with Crippen LogP contribution in [0, 0.1) is 0 Å². The van der Waals surface area contributed by atoms with Gasteiger partial charge in [0.25, 0.3) is 0 Å². The molecule has 0 aliphatic carbocycles. The van der Waals surface area contributed by atoms with Crippen LogP contribution in [0.3, 0.4) is 0 Å². The summed E-state index contributed by atoms with van der Waals surface area (Å²) in [5.74, 6) is 0.358. The molecule has 0 N–H and O–H groups in total. The molecule has 0 saturated carbocycles. The molecule has 0 unspecified atom stereocenters. The lowest BCUT2D eigenvalue weighted by molar-refractivity contribution is 0.0595. The van der Waals surface area contributed by atoms with Gasteiger partial charge >= 0.3 is 5.97 Å². The Morgan fingerprint density at radius 3 is 2.50 bits per heavy atom. The van der Waals surface area contributed by atoms with E-state index in [2.05, 4.69) is 20.9 Å². The van der Waals surface area contributed by atoms with E-state index >= 15 is 0 Å². The SMILES string of the molecule is COC(=O)c1nc(Br)sc1-c1ccc(OC(C)C)cc1. The first kappa shape index (κ1) is 15.0. The highest BCUT2D eigenvalue weighted by molar-refractivity contribution is 9.11. The van der Waals surface area contributed by atoms with Crippen molar-refractivity contribution in [3.8, 4) is 16.2 Å². The van der Waals surface area contributed by atoms with E-state index in [0.29, 0.717) is 9.61 Å². The van der Waals surface area contributed by atoms with E-state index in [0.717, 1.165) is 16.2 Å². The summed E-state index contributed by atoms with van der Waals surface area (Å²) in [6.45, 7) is 3.95. The summed E-state index contributed by atoms with van der Waals surface area (Å²) in [6.07, 6.45) is 0.129. The van der Waals surface area contributed by atoms with Crippen LogP contribution in [0.2, 0.25) is 0 Å². The van der Waals surface area contributed by atoms with Crippen LogP contribution >= 0.6 is 27.3 Å². The molecule has 0 spiro atoms. The zero-order valence-corrected chi connectivity index (χ0v) is 13.7. The van der Waals surface area contributed by atoms with Gasteiger partial charge in [-0.25, -0.2) is 9.78 Å². The predicted octanol–water partition coefficient (Wildman–Crippen LogP) is 4.15. The lowest BCUT2D eigenvalue weighted by Crippen LogP contribution is -2.05. The van der Waals surface area contributed by atoms with Crippen molar-refractivity contribution in [1.29, 1.82) is 0 Å². The fraction of sp³-hybridized carbons (Fsp3) is 0.286. The Morgan fingerprint density at radius 1 is 1.30 bits per heavy atom. The van der Waals surface area contributed by atoms with Crippen LogP contribution in [0.25, 0.3) is 10.4 Å². The Balaban J connectivity index is 2.34. The number of halogens is 1. The maximum atomic E-state index is 11.7. The zero-order chi connectivity index (χ0) is 14.7. The molecule has 1 aromatic carbocycles. The summed E-state index contributed by atoms with van der Waals surface area (Å²) >= 11 is 4.69. The predicted molar refractivity (Wildman–Crippen MR) is 82.4 cm³/mol. The molecule has 0 amide bonds. The Labute approximate surface area is 129 Å². The van der Waals surface area contributed by atoms with Crippen molar-refractivity contribution in [3.63, 3.8) is 0 Å². The van der Waals surface area contributed by atoms with Crippen molar-refractivity contribution >= 4 is 33.2 Å². The number of benzene rings is 1. The number of thiazole rings is 1. The number of hydrogen-bond donors (Lipinski definition) is 0. The van der Waals surface area contributed by atoms with Gasteiger partial charge in [-0.2, -0.15) is 0 Å². The van der Waals surface area contributed by atoms with Crippen molar-refractivity contribution in [3.05, 3.63) is 33.9 Å².